The summed E-state index contributed by atoms with van der Waals surface area (Å²) in [5.74, 6) is 0.966. The minimum absolute atomic E-state index is 0.0210. The lowest BCUT2D eigenvalue weighted by Crippen LogP contribution is -2.48. The molecule has 0 radical (unpaired) electrons. The van der Waals surface area contributed by atoms with Crippen LogP contribution in [-0.4, -0.2) is 83.4 Å². The van der Waals surface area contributed by atoms with E-state index in [1.165, 1.54) is 0 Å². The zero-order chi connectivity index (χ0) is 33.8. The fourth-order valence-corrected chi connectivity index (χ4v) is 7.37. The number of amides is 5. The van der Waals surface area contributed by atoms with Crippen molar-refractivity contribution in [3.63, 3.8) is 0 Å². The van der Waals surface area contributed by atoms with Crippen molar-refractivity contribution in [2.45, 2.75) is 152 Å². The standard InChI is InChI=1S/C33H58ClN5O6S/c1-33(2,3)45-32(44)38-25(30(42)36-21-14-9-7-5-4-6-8-10-16-24(40)22-34)17-13-15-20-35-28(41)19-12-11-18-27-29-26(23-46-27)37-31(43)39-29/h25-27,29H,4-23H2,1-3H3,(H,35,41)(H,36,42)(H,38,44)(H2,37,39,43)/t25-,26-,27-,29-/m0/s1. The molecule has 2 aliphatic heterocycles. The van der Waals surface area contributed by atoms with Crippen molar-refractivity contribution in [1.29, 1.82) is 0 Å². The number of rotatable bonds is 24. The van der Waals surface area contributed by atoms with Gasteiger partial charge in [0.25, 0.3) is 0 Å². The molecule has 0 aromatic heterocycles. The third kappa shape index (κ3) is 17.6. The third-order valence-electron chi connectivity index (χ3n) is 8.16. The van der Waals surface area contributed by atoms with Crippen molar-refractivity contribution in [1.82, 2.24) is 26.6 Å². The van der Waals surface area contributed by atoms with Crippen LogP contribution in [0.3, 0.4) is 0 Å². The van der Waals surface area contributed by atoms with E-state index in [0.717, 1.165) is 76.4 Å². The Morgan fingerprint density at radius 2 is 1.50 bits per heavy atom. The molecular weight excluding hydrogens is 630 g/mol. The SMILES string of the molecule is CC(C)(C)OC(=O)N[C@@H](CCCCNC(=O)CCCC[C@@H]1SC[C@@H]2NC(=O)N[C@@H]21)C(=O)NCCCCCCCCCCC(=O)CCl. The average Bonchev–Trinajstić information content (AvgIpc) is 3.55. The number of carbonyl (C=O) groups is 5. The number of fused-ring (bicyclic) bond motifs is 1. The first-order chi connectivity index (χ1) is 22.0. The summed E-state index contributed by atoms with van der Waals surface area (Å²) in [5.41, 5.74) is -0.668. The molecule has 2 heterocycles. The molecule has 11 nitrogen and oxygen atoms in total. The van der Waals surface area contributed by atoms with Crippen molar-refractivity contribution in [3.8, 4) is 0 Å². The van der Waals surface area contributed by atoms with Crippen LogP contribution in [0.2, 0.25) is 0 Å². The maximum Gasteiger partial charge on any atom is 0.408 e. The molecule has 2 fully saturated rings. The Balaban J connectivity index is 1.57. The van der Waals surface area contributed by atoms with E-state index < -0.39 is 17.7 Å². The molecule has 0 aromatic rings. The number of carbonyl (C=O) groups excluding carboxylic acids is 5. The number of hydrogen-bond donors (Lipinski definition) is 5. The summed E-state index contributed by atoms with van der Waals surface area (Å²) in [6.45, 7) is 6.41. The van der Waals surface area contributed by atoms with E-state index in [1.54, 1.807) is 20.8 Å². The van der Waals surface area contributed by atoms with Gasteiger partial charge in [0.15, 0.2) is 0 Å². The van der Waals surface area contributed by atoms with E-state index in [2.05, 4.69) is 26.6 Å². The van der Waals surface area contributed by atoms with Crippen molar-refractivity contribution in [2.75, 3.05) is 24.7 Å². The van der Waals surface area contributed by atoms with Gasteiger partial charge < -0.3 is 31.3 Å². The van der Waals surface area contributed by atoms with Crippen molar-refractivity contribution >= 4 is 53.1 Å². The summed E-state index contributed by atoms with van der Waals surface area (Å²) >= 11 is 7.41. The number of alkyl carbamates (subject to hydrolysis) is 1. The van der Waals surface area contributed by atoms with E-state index in [0.29, 0.717) is 50.4 Å². The number of ketones is 1. The number of urea groups is 1. The molecule has 2 rings (SSSR count). The number of thioether (sulfide) groups is 1. The van der Waals surface area contributed by atoms with Crippen LogP contribution < -0.4 is 26.6 Å². The van der Waals surface area contributed by atoms with E-state index in [1.807, 2.05) is 11.8 Å². The van der Waals surface area contributed by atoms with Gasteiger partial charge in [-0.25, -0.2) is 9.59 Å². The molecule has 0 spiro atoms. The van der Waals surface area contributed by atoms with Crippen LogP contribution in [0.1, 0.15) is 124 Å². The van der Waals surface area contributed by atoms with Crippen LogP contribution in [0, 0.1) is 0 Å². The second kappa shape index (κ2) is 22.4. The van der Waals surface area contributed by atoms with Gasteiger partial charge in [0.2, 0.25) is 11.8 Å². The molecule has 2 aliphatic rings. The lowest BCUT2D eigenvalue weighted by molar-refractivity contribution is -0.123. The largest absolute Gasteiger partial charge is 0.444 e. The molecule has 5 amide bonds. The molecule has 264 valence electrons. The number of hydrogen-bond acceptors (Lipinski definition) is 7. The van der Waals surface area contributed by atoms with E-state index in [4.69, 9.17) is 16.3 Å². The Morgan fingerprint density at radius 1 is 0.870 bits per heavy atom. The lowest BCUT2D eigenvalue weighted by Gasteiger charge is -2.23. The van der Waals surface area contributed by atoms with Crippen molar-refractivity contribution in [3.05, 3.63) is 0 Å². The second-order valence-corrected chi connectivity index (χ2v) is 15.0. The summed E-state index contributed by atoms with van der Waals surface area (Å²) in [6.07, 6.45) is 13.3. The number of halogens is 1. The molecular formula is C33H58ClN5O6S. The van der Waals surface area contributed by atoms with Gasteiger partial charge in [-0.05, 0) is 65.7 Å². The summed E-state index contributed by atoms with van der Waals surface area (Å²) in [7, 11) is 0. The molecule has 5 N–H and O–H groups in total. The van der Waals surface area contributed by atoms with Gasteiger partial charge in [-0.3, -0.25) is 14.4 Å². The second-order valence-electron chi connectivity index (χ2n) is 13.5. The Labute approximate surface area is 285 Å². The molecule has 0 saturated carbocycles. The fraction of sp³-hybridized carbons (Fsp3) is 0.848. The highest BCUT2D eigenvalue weighted by Crippen LogP contribution is 2.33. The first-order valence-electron chi connectivity index (χ1n) is 17.3. The zero-order valence-corrected chi connectivity index (χ0v) is 29.8. The summed E-state index contributed by atoms with van der Waals surface area (Å²) < 4.78 is 5.37. The van der Waals surface area contributed by atoms with E-state index in [-0.39, 0.29) is 41.6 Å². The van der Waals surface area contributed by atoms with Gasteiger partial charge in [0.1, 0.15) is 17.4 Å². The minimum Gasteiger partial charge on any atom is -0.444 e. The zero-order valence-electron chi connectivity index (χ0n) is 28.2. The smallest absolute Gasteiger partial charge is 0.408 e. The molecule has 0 aliphatic carbocycles. The van der Waals surface area contributed by atoms with Crippen LogP contribution in [0.25, 0.3) is 0 Å². The predicted molar refractivity (Wildman–Crippen MR) is 184 cm³/mol. The van der Waals surface area contributed by atoms with Gasteiger partial charge in [-0.2, -0.15) is 11.8 Å². The first kappa shape index (κ1) is 40.0. The van der Waals surface area contributed by atoms with Gasteiger partial charge >= 0.3 is 12.1 Å². The molecule has 46 heavy (non-hydrogen) atoms. The van der Waals surface area contributed by atoms with Gasteiger partial charge in [0, 0.05) is 36.9 Å². The Morgan fingerprint density at radius 3 is 2.20 bits per heavy atom. The van der Waals surface area contributed by atoms with Crippen LogP contribution >= 0.6 is 23.4 Å². The average molecular weight is 688 g/mol. The molecule has 0 aromatic carbocycles. The molecule has 13 heteroatoms. The van der Waals surface area contributed by atoms with Gasteiger partial charge in [0.05, 0.1) is 18.0 Å². The number of nitrogens with one attached hydrogen (secondary N) is 5. The Kier molecular flexibility index (Phi) is 19.4. The highest BCUT2D eigenvalue weighted by Gasteiger charge is 2.42. The van der Waals surface area contributed by atoms with Crippen LogP contribution in [0.5, 0.6) is 0 Å². The first-order valence-corrected chi connectivity index (χ1v) is 18.9. The summed E-state index contributed by atoms with van der Waals surface area (Å²) in [6, 6.07) is -0.365. The third-order valence-corrected chi connectivity index (χ3v) is 9.97. The van der Waals surface area contributed by atoms with Crippen LogP contribution in [-0.2, 0) is 19.1 Å². The normalized spacial score (nSPS) is 19.5. The van der Waals surface area contributed by atoms with Gasteiger partial charge in [-0.1, -0.05) is 44.9 Å². The number of ether oxygens (including phenoxy) is 1. The molecule has 4 atom stereocenters. The molecule has 0 bridgehead atoms. The number of unbranched alkanes of at least 4 members (excludes halogenated alkanes) is 9. The quantitative estimate of drug-likeness (QED) is 0.0522. The maximum atomic E-state index is 12.9. The Hall–Kier alpha value is -2.21. The van der Waals surface area contributed by atoms with Crippen molar-refractivity contribution < 1.29 is 28.7 Å². The molecule has 0 unspecified atom stereocenters. The van der Waals surface area contributed by atoms with Gasteiger partial charge in [-0.15, -0.1) is 11.6 Å². The van der Waals surface area contributed by atoms with E-state index >= 15 is 0 Å². The number of alkyl halides is 1. The fourth-order valence-electron chi connectivity index (χ4n) is 5.69. The molecule has 2 saturated heterocycles. The maximum absolute atomic E-state index is 12.9. The van der Waals surface area contributed by atoms with Crippen molar-refractivity contribution in [2.24, 2.45) is 0 Å². The summed E-state index contributed by atoms with van der Waals surface area (Å²) in [5, 5.41) is 15.0. The minimum atomic E-state index is -0.704. The highest BCUT2D eigenvalue weighted by molar-refractivity contribution is 8.00. The van der Waals surface area contributed by atoms with Crippen LogP contribution in [0.4, 0.5) is 9.59 Å². The van der Waals surface area contributed by atoms with E-state index in [9.17, 15) is 24.0 Å². The number of Topliss-reactive ketones (excluding diaryl/α,β-unsaturated/α-hetero) is 1. The topological polar surface area (TPSA) is 155 Å². The lowest BCUT2D eigenvalue weighted by atomic mass is 10.0. The monoisotopic (exact) mass is 687 g/mol. The van der Waals surface area contributed by atoms with Crippen LogP contribution in [0.15, 0.2) is 0 Å². The Bertz CT molecular complexity index is 965. The summed E-state index contributed by atoms with van der Waals surface area (Å²) in [4.78, 5) is 60.4. The highest BCUT2D eigenvalue weighted by atomic mass is 35.5. The predicted octanol–water partition coefficient (Wildman–Crippen LogP) is 5.33.